The molecule has 3 aromatic rings. The molecular weight excluding hydrogens is 421 g/mol. The first-order valence-corrected chi connectivity index (χ1v) is 9.97. The highest BCUT2D eigenvalue weighted by molar-refractivity contribution is 6.31. The van der Waals surface area contributed by atoms with Crippen LogP contribution in [0.25, 0.3) is 0 Å². The fourth-order valence-corrected chi connectivity index (χ4v) is 4.03. The van der Waals surface area contributed by atoms with Crippen molar-refractivity contribution in [1.82, 2.24) is 0 Å². The second-order valence-electron chi connectivity index (χ2n) is 7.30. The van der Waals surface area contributed by atoms with Crippen LogP contribution < -0.4 is 9.64 Å². The van der Waals surface area contributed by atoms with Gasteiger partial charge in [-0.1, -0.05) is 48.0 Å². The number of benzene rings is 3. The van der Waals surface area contributed by atoms with Crippen molar-refractivity contribution in [2.75, 3.05) is 12.0 Å². The third kappa shape index (κ3) is 3.69. The highest BCUT2D eigenvalue weighted by atomic mass is 35.5. The Balaban J connectivity index is 1.70. The number of Topliss-reactive ketones (excluding diaryl/α,β-unsaturated/α-hetero) is 1. The van der Waals surface area contributed by atoms with E-state index in [1.807, 2.05) is 0 Å². The number of para-hydroxylation sites is 1. The van der Waals surface area contributed by atoms with E-state index >= 15 is 0 Å². The average Bonchev–Trinajstić information content (AvgIpc) is 2.98. The lowest BCUT2D eigenvalue weighted by molar-refractivity contribution is -0.136. The lowest BCUT2D eigenvalue weighted by Crippen LogP contribution is -2.41. The molecule has 0 radical (unpaired) electrons. The normalized spacial score (nSPS) is 17.5. The van der Waals surface area contributed by atoms with Crippen molar-refractivity contribution in [2.45, 2.75) is 18.6 Å². The number of nitrogens with zero attached hydrogens (tertiary/aromatic N) is 1. The molecule has 1 amide bonds. The van der Waals surface area contributed by atoms with Crippen molar-refractivity contribution in [3.63, 3.8) is 0 Å². The van der Waals surface area contributed by atoms with Gasteiger partial charge in [0.2, 0.25) is 0 Å². The van der Waals surface area contributed by atoms with Crippen molar-refractivity contribution in [1.29, 1.82) is 0 Å². The van der Waals surface area contributed by atoms with Crippen LogP contribution in [0.1, 0.15) is 27.9 Å². The molecule has 0 bridgehead atoms. The minimum atomic E-state index is -2.07. The molecule has 5 nitrogen and oxygen atoms in total. The Labute approximate surface area is 183 Å². The number of methoxy groups -OCH3 is 1. The number of carbonyl (C=O) groups is 2. The molecule has 1 atom stereocenters. The zero-order valence-electron chi connectivity index (χ0n) is 16.6. The summed E-state index contributed by atoms with van der Waals surface area (Å²) >= 11 is 6.14. The van der Waals surface area contributed by atoms with Crippen LogP contribution in [0, 0.1) is 5.82 Å². The van der Waals surface area contributed by atoms with Crippen molar-refractivity contribution in [3.8, 4) is 5.75 Å². The first kappa shape index (κ1) is 21.0. The van der Waals surface area contributed by atoms with Gasteiger partial charge in [0.1, 0.15) is 11.6 Å². The summed E-state index contributed by atoms with van der Waals surface area (Å²) in [6.07, 6.45) is -0.461. The predicted octanol–water partition coefficient (Wildman–Crippen LogP) is 4.50. The molecule has 1 N–H and O–H groups in total. The summed E-state index contributed by atoms with van der Waals surface area (Å²) in [5, 5.41) is 11.6. The fraction of sp³-hybridized carbons (Fsp3) is 0.167. The van der Waals surface area contributed by atoms with Gasteiger partial charge in [0.15, 0.2) is 11.4 Å². The topological polar surface area (TPSA) is 66.8 Å². The van der Waals surface area contributed by atoms with Gasteiger partial charge in [-0.05, 0) is 30.3 Å². The van der Waals surface area contributed by atoms with Crippen molar-refractivity contribution < 1.29 is 23.8 Å². The fourth-order valence-electron chi connectivity index (χ4n) is 3.81. The van der Waals surface area contributed by atoms with Gasteiger partial charge in [0.05, 0.1) is 25.8 Å². The SMILES string of the molecule is COc1cccc(C(=O)CC2(O)C(=O)N(Cc3c(F)cccc3Cl)c3ccccc32)c1. The number of amides is 1. The number of aliphatic hydroxyl groups is 1. The molecule has 7 heteroatoms. The Morgan fingerprint density at radius 3 is 2.61 bits per heavy atom. The third-order valence-electron chi connectivity index (χ3n) is 5.43. The standard InChI is InChI=1S/C24H19ClFNO4/c1-31-16-7-4-6-15(12-16)22(28)13-24(30)18-8-2-3-11-21(18)27(23(24)29)14-17-19(25)9-5-10-20(17)26/h2-12,30H,13-14H2,1H3. The minimum Gasteiger partial charge on any atom is -0.497 e. The summed E-state index contributed by atoms with van der Waals surface area (Å²) < 4.78 is 19.5. The van der Waals surface area contributed by atoms with Crippen LogP contribution in [0.2, 0.25) is 5.02 Å². The number of hydrogen-bond donors (Lipinski definition) is 1. The third-order valence-corrected chi connectivity index (χ3v) is 5.78. The molecule has 158 valence electrons. The van der Waals surface area contributed by atoms with Crippen LogP contribution in [0.4, 0.5) is 10.1 Å². The Bertz CT molecular complexity index is 1160. The Hall–Kier alpha value is -3.22. The molecule has 4 rings (SSSR count). The van der Waals surface area contributed by atoms with E-state index in [1.165, 1.54) is 30.2 Å². The van der Waals surface area contributed by atoms with E-state index in [0.717, 1.165) is 0 Å². The van der Waals surface area contributed by atoms with E-state index in [2.05, 4.69) is 0 Å². The van der Waals surface area contributed by atoms with Gasteiger partial charge < -0.3 is 14.7 Å². The molecule has 0 aromatic heterocycles. The van der Waals surface area contributed by atoms with Gasteiger partial charge in [0.25, 0.3) is 5.91 Å². The number of hydrogen-bond acceptors (Lipinski definition) is 4. The zero-order valence-corrected chi connectivity index (χ0v) is 17.4. The van der Waals surface area contributed by atoms with Crippen LogP contribution in [0.5, 0.6) is 5.75 Å². The molecule has 1 unspecified atom stereocenters. The maximum Gasteiger partial charge on any atom is 0.264 e. The number of ketones is 1. The molecular formula is C24H19ClFNO4. The summed E-state index contributed by atoms with van der Waals surface area (Å²) in [4.78, 5) is 27.5. The number of rotatable bonds is 6. The van der Waals surface area contributed by atoms with Gasteiger partial charge in [-0.3, -0.25) is 9.59 Å². The van der Waals surface area contributed by atoms with Gasteiger partial charge in [-0.15, -0.1) is 0 Å². The molecule has 0 spiro atoms. The first-order valence-electron chi connectivity index (χ1n) is 9.59. The van der Waals surface area contributed by atoms with E-state index in [0.29, 0.717) is 22.6 Å². The Morgan fingerprint density at radius 2 is 1.87 bits per heavy atom. The largest absolute Gasteiger partial charge is 0.497 e. The quantitative estimate of drug-likeness (QED) is 0.574. The Morgan fingerprint density at radius 1 is 1.13 bits per heavy atom. The second kappa shape index (κ2) is 8.13. The smallest absolute Gasteiger partial charge is 0.264 e. The number of fused-ring (bicyclic) bond motifs is 1. The summed E-state index contributed by atoms with van der Waals surface area (Å²) in [6.45, 7) is -0.170. The first-order chi connectivity index (χ1) is 14.8. The highest BCUT2D eigenvalue weighted by Crippen LogP contribution is 2.44. The summed E-state index contributed by atoms with van der Waals surface area (Å²) in [6, 6.07) is 17.4. The molecule has 1 aliphatic rings. The molecule has 1 heterocycles. The molecule has 3 aromatic carbocycles. The van der Waals surface area contributed by atoms with E-state index in [9.17, 15) is 19.1 Å². The van der Waals surface area contributed by atoms with Gasteiger partial charge in [-0.2, -0.15) is 0 Å². The van der Waals surface area contributed by atoms with Gasteiger partial charge >= 0.3 is 0 Å². The zero-order chi connectivity index (χ0) is 22.2. The minimum absolute atomic E-state index is 0.135. The van der Waals surface area contributed by atoms with Gasteiger partial charge in [0, 0.05) is 21.7 Å². The average molecular weight is 440 g/mol. The molecule has 0 saturated heterocycles. The van der Waals surface area contributed by atoms with Crippen LogP contribution >= 0.6 is 11.6 Å². The number of ether oxygens (including phenoxy) is 1. The molecule has 0 fully saturated rings. The van der Waals surface area contributed by atoms with E-state index in [4.69, 9.17) is 16.3 Å². The summed E-state index contributed by atoms with van der Waals surface area (Å²) in [7, 11) is 1.49. The lowest BCUT2D eigenvalue weighted by Gasteiger charge is -2.23. The van der Waals surface area contributed by atoms with Crippen molar-refractivity contribution in [3.05, 3.63) is 94.3 Å². The molecule has 0 aliphatic carbocycles. The van der Waals surface area contributed by atoms with Crippen molar-refractivity contribution in [2.24, 2.45) is 0 Å². The number of carbonyl (C=O) groups excluding carboxylic acids is 2. The Kier molecular flexibility index (Phi) is 5.52. The van der Waals surface area contributed by atoms with E-state index in [1.54, 1.807) is 48.5 Å². The number of halogens is 2. The summed E-state index contributed by atoms with van der Waals surface area (Å²) in [5.74, 6) is -1.19. The van der Waals surface area contributed by atoms with Crippen LogP contribution in [0.3, 0.4) is 0 Å². The highest BCUT2D eigenvalue weighted by Gasteiger charge is 2.51. The lowest BCUT2D eigenvalue weighted by atomic mass is 9.88. The van der Waals surface area contributed by atoms with Crippen LogP contribution in [0.15, 0.2) is 66.7 Å². The second-order valence-corrected chi connectivity index (χ2v) is 7.71. The van der Waals surface area contributed by atoms with Crippen molar-refractivity contribution >= 4 is 29.0 Å². The van der Waals surface area contributed by atoms with E-state index in [-0.39, 0.29) is 17.1 Å². The van der Waals surface area contributed by atoms with E-state index < -0.39 is 29.5 Å². The maximum atomic E-state index is 14.4. The molecule has 1 aliphatic heterocycles. The van der Waals surface area contributed by atoms with Gasteiger partial charge in [-0.25, -0.2) is 4.39 Å². The monoisotopic (exact) mass is 439 g/mol. The molecule has 0 saturated carbocycles. The summed E-state index contributed by atoms with van der Waals surface area (Å²) in [5.41, 5.74) is -0.921. The predicted molar refractivity (Wildman–Crippen MR) is 115 cm³/mol. The van der Waals surface area contributed by atoms with Crippen LogP contribution in [-0.4, -0.2) is 23.9 Å². The van der Waals surface area contributed by atoms with Crippen LogP contribution in [-0.2, 0) is 16.9 Å². The number of anilines is 1. The maximum absolute atomic E-state index is 14.4. The molecule has 31 heavy (non-hydrogen) atoms.